The SMILES string of the molecule is Cc1c(CN2CCC(CCOc3ccc(F)cc3)CC2)n(C)n(-c2ccc(F)cc2)c1=O. The second kappa shape index (κ2) is 9.69. The third-order valence-corrected chi connectivity index (χ3v) is 6.40. The van der Waals surface area contributed by atoms with Gasteiger partial charge in [0, 0.05) is 19.2 Å². The van der Waals surface area contributed by atoms with Crippen LogP contribution in [-0.4, -0.2) is 34.0 Å². The summed E-state index contributed by atoms with van der Waals surface area (Å²) in [6.45, 7) is 5.14. The summed E-state index contributed by atoms with van der Waals surface area (Å²) in [6.07, 6.45) is 3.14. The van der Waals surface area contributed by atoms with Crippen LogP contribution in [0.2, 0.25) is 0 Å². The molecule has 0 amide bonds. The van der Waals surface area contributed by atoms with Crippen LogP contribution in [-0.2, 0) is 13.6 Å². The number of piperidine rings is 1. The van der Waals surface area contributed by atoms with Crippen molar-refractivity contribution in [1.82, 2.24) is 14.3 Å². The van der Waals surface area contributed by atoms with Crippen LogP contribution in [0.5, 0.6) is 5.75 Å². The Morgan fingerprint density at radius 2 is 1.56 bits per heavy atom. The summed E-state index contributed by atoms with van der Waals surface area (Å²) in [4.78, 5) is 15.2. The van der Waals surface area contributed by atoms with E-state index < -0.39 is 0 Å². The van der Waals surface area contributed by atoms with Crippen molar-refractivity contribution in [2.45, 2.75) is 32.7 Å². The van der Waals surface area contributed by atoms with Gasteiger partial charge >= 0.3 is 0 Å². The number of likely N-dealkylation sites (tertiary alicyclic amines) is 1. The Morgan fingerprint density at radius 1 is 0.969 bits per heavy atom. The molecule has 0 aliphatic carbocycles. The maximum atomic E-state index is 13.3. The Kier molecular flexibility index (Phi) is 6.74. The van der Waals surface area contributed by atoms with E-state index in [1.165, 1.54) is 24.3 Å². The molecule has 1 aromatic heterocycles. The van der Waals surface area contributed by atoms with Crippen molar-refractivity contribution in [2.24, 2.45) is 13.0 Å². The minimum atomic E-state index is -0.320. The average Bonchev–Trinajstić information content (AvgIpc) is 3.00. The highest BCUT2D eigenvalue weighted by molar-refractivity contribution is 5.33. The summed E-state index contributed by atoms with van der Waals surface area (Å²) >= 11 is 0. The first kappa shape index (κ1) is 22.3. The molecule has 1 fully saturated rings. The molecular formula is C25H29F2N3O2. The van der Waals surface area contributed by atoms with E-state index in [0.29, 0.717) is 30.5 Å². The Hall–Kier alpha value is -2.93. The maximum absolute atomic E-state index is 13.3. The zero-order chi connectivity index (χ0) is 22.7. The number of aromatic nitrogens is 2. The standard InChI is InChI=1S/C25H29F2N3O2/c1-18-24(28(2)30(25(18)31)22-7-3-20(26)4-8-22)17-29-14-11-19(12-15-29)13-16-32-23-9-5-21(27)6-10-23/h3-10,19H,11-17H2,1-2H3. The second-order valence-electron chi connectivity index (χ2n) is 8.50. The molecule has 0 bridgehead atoms. The van der Waals surface area contributed by atoms with Gasteiger partial charge in [0.05, 0.1) is 18.0 Å². The first-order valence-electron chi connectivity index (χ1n) is 11.1. The van der Waals surface area contributed by atoms with Crippen molar-refractivity contribution in [3.8, 4) is 11.4 Å². The van der Waals surface area contributed by atoms with Crippen molar-refractivity contribution >= 4 is 0 Å². The molecule has 0 saturated carbocycles. The van der Waals surface area contributed by atoms with Crippen LogP contribution >= 0.6 is 0 Å². The third kappa shape index (κ3) is 4.93. The van der Waals surface area contributed by atoms with Crippen LogP contribution in [0, 0.1) is 24.5 Å². The van der Waals surface area contributed by atoms with Gasteiger partial charge in [-0.1, -0.05) is 0 Å². The highest BCUT2D eigenvalue weighted by atomic mass is 19.1. The van der Waals surface area contributed by atoms with Crippen molar-refractivity contribution in [2.75, 3.05) is 19.7 Å². The fourth-order valence-corrected chi connectivity index (χ4v) is 4.39. The van der Waals surface area contributed by atoms with E-state index in [1.807, 2.05) is 18.7 Å². The molecule has 32 heavy (non-hydrogen) atoms. The van der Waals surface area contributed by atoms with Crippen molar-refractivity contribution in [3.63, 3.8) is 0 Å². The summed E-state index contributed by atoms with van der Waals surface area (Å²) in [5.41, 5.74) is 2.30. The molecular weight excluding hydrogens is 412 g/mol. The van der Waals surface area contributed by atoms with Gasteiger partial charge in [-0.15, -0.1) is 0 Å². The lowest BCUT2D eigenvalue weighted by molar-refractivity contribution is 0.154. The largest absolute Gasteiger partial charge is 0.494 e. The number of nitrogens with zero attached hydrogens (tertiary/aromatic N) is 3. The van der Waals surface area contributed by atoms with E-state index in [1.54, 1.807) is 28.9 Å². The van der Waals surface area contributed by atoms with Gasteiger partial charge in [0.25, 0.3) is 5.56 Å². The Morgan fingerprint density at radius 3 is 2.19 bits per heavy atom. The third-order valence-electron chi connectivity index (χ3n) is 6.40. The highest BCUT2D eigenvalue weighted by Crippen LogP contribution is 2.23. The van der Waals surface area contributed by atoms with Gasteiger partial charge in [-0.05, 0) is 93.7 Å². The summed E-state index contributed by atoms with van der Waals surface area (Å²) in [5.74, 6) is 0.718. The number of rotatable bonds is 7. The number of ether oxygens (including phenoxy) is 1. The van der Waals surface area contributed by atoms with Crippen LogP contribution in [0.3, 0.4) is 0 Å². The summed E-state index contributed by atoms with van der Waals surface area (Å²) in [5, 5.41) is 0. The number of benzene rings is 2. The molecule has 2 heterocycles. The lowest BCUT2D eigenvalue weighted by atomic mass is 9.94. The number of hydrogen-bond acceptors (Lipinski definition) is 3. The topological polar surface area (TPSA) is 39.4 Å². The molecule has 1 aliphatic rings. The maximum Gasteiger partial charge on any atom is 0.274 e. The zero-order valence-electron chi connectivity index (χ0n) is 18.6. The molecule has 170 valence electrons. The smallest absolute Gasteiger partial charge is 0.274 e. The molecule has 0 unspecified atom stereocenters. The van der Waals surface area contributed by atoms with E-state index in [2.05, 4.69) is 4.90 Å². The van der Waals surface area contributed by atoms with E-state index in [4.69, 9.17) is 4.74 Å². The molecule has 0 N–H and O–H groups in total. The van der Waals surface area contributed by atoms with Crippen LogP contribution in [0.25, 0.3) is 5.69 Å². The predicted molar refractivity (Wildman–Crippen MR) is 120 cm³/mol. The zero-order valence-corrected chi connectivity index (χ0v) is 18.6. The summed E-state index contributed by atoms with van der Waals surface area (Å²) < 4.78 is 35.5. The first-order valence-corrected chi connectivity index (χ1v) is 11.1. The minimum absolute atomic E-state index is 0.0677. The van der Waals surface area contributed by atoms with Gasteiger partial charge in [-0.2, -0.15) is 0 Å². The van der Waals surface area contributed by atoms with Gasteiger partial charge in [-0.25, -0.2) is 13.5 Å². The molecule has 4 rings (SSSR count). The van der Waals surface area contributed by atoms with Gasteiger partial charge in [0.1, 0.15) is 17.4 Å². The van der Waals surface area contributed by atoms with Gasteiger partial charge in [-0.3, -0.25) is 14.4 Å². The summed E-state index contributed by atoms with van der Waals surface area (Å²) in [7, 11) is 1.88. The monoisotopic (exact) mass is 441 g/mol. The molecule has 0 radical (unpaired) electrons. The Bertz CT molecular complexity index is 1100. The van der Waals surface area contributed by atoms with E-state index in [9.17, 15) is 13.6 Å². The van der Waals surface area contributed by atoms with Crippen LogP contribution in [0.15, 0.2) is 53.3 Å². The highest BCUT2D eigenvalue weighted by Gasteiger charge is 2.23. The van der Waals surface area contributed by atoms with Gasteiger partial charge in [0.15, 0.2) is 0 Å². The van der Waals surface area contributed by atoms with Gasteiger partial charge in [0.2, 0.25) is 0 Å². The lowest BCUT2D eigenvalue weighted by Gasteiger charge is -2.32. The molecule has 1 aliphatic heterocycles. The van der Waals surface area contributed by atoms with E-state index >= 15 is 0 Å². The van der Waals surface area contributed by atoms with Gasteiger partial charge < -0.3 is 4.74 Å². The quantitative estimate of drug-likeness (QED) is 0.544. The van der Waals surface area contributed by atoms with E-state index in [0.717, 1.165) is 43.6 Å². The molecule has 5 nitrogen and oxygen atoms in total. The van der Waals surface area contributed by atoms with Crippen LogP contribution < -0.4 is 10.3 Å². The molecule has 3 aromatic rings. The Labute approximate surface area is 186 Å². The minimum Gasteiger partial charge on any atom is -0.494 e. The fraction of sp³-hybridized carbons (Fsp3) is 0.400. The summed E-state index contributed by atoms with van der Waals surface area (Å²) in [6, 6.07) is 12.1. The van der Waals surface area contributed by atoms with Crippen molar-refractivity contribution in [1.29, 1.82) is 0 Å². The molecule has 0 atom stereocenters. The van der Waals surface area contributed by atoms with Crippen molar-refractivity contribution in [3.05, 3.63) is 81.8 Å². The van der Waals surface area contributed by atoms with E-state index in [-0.39, 0.29) is 17.2 Å². The predicted octanol–water partition coefficient (Wildman–Crippen LogP) is 4.44. The molecule has 2 aromatic carbocycles. The molecule has 7 heteroatoms. The Balaban J connectivity index is 1.32. The normalized spacial score (nSPS) is 15.2. The molecule has 0 spiro atoms. The fourth-order valence-electron chi connectivity index (χ4n) is 4.39. The molecule has 1 saturated heterocycles. The number of hydrogen-bond donors (Lipinski definition) is 0. The lowest BCUT2D eigenvalue weighted by Crippen LogP contribution is -2.34. The first-order chi connectivity index (χ1) is 15.4. The van der Waals surface area contributed by atoms with Crippen molar-refractivity contribution < 1.29 is 13.5 Å². The van der Waals surface area contributed by atoms with Crippen LogP contribution in [0.1, 0.15) is 30.5 Å². The number of halogens is 2. The average molecular weight is 442 g/mol. The second-order valence-corrected chi connectivity index (χ2v) is 8.50. The van der Waals surface area contributed by atoms with Crippen LogP contribution in [0.4, 0.5) is 8.78 Å².